The zero-order chi connectivity index (χ0) is 12.8. The molecule has 0 aliphatic carbocycles. The van der Waals surface area contributed by atoms with Gasteiger partial charge in [-0.05, 0) is 18.4 Å². The average molecular weight is 262 g/mol. The van der Waals surface area contributed by atoms with Gasteiger partial charge in [-0.15, -0.1) is 0 Å². The molecule has 0 bridgehead atoms. The van der Waals surface area contributed by atoms with Crippen LogP contribution in [-0.4, -0.2) is 23.5 Å². The Morgan fingerprint density at radius 3 is 2.76 bits per heavy atom. The summed E-state index contributed by atoms with van der Waals surface area (Å²) >= 11 is 1.63. The van der Waals surface area contributed by atoms with Crippen molar-refractivity contribution in [1.29, 1.82) is 0 Å². The van der Waals surface area contributed by atoms with Crippen molar-refractivity contribution in [3.05, 3.63) is 33.9 Å². The smallest absolute Gasteiger partial charge is 0.298 e. The van der Waals surface area contributed by atoms with Gasteiger partial charge >= 0.3 is 0 Å². The summed E-state index contributed by atoms with van der Waals surface area (Å²) in [6.45, 7) is 0.407. The lowest BCUT2D eigenvalue weighted by Crippen LogP contribution is -2.07. The van der Waals surface area contributed by atoms with Crippen LogP contribution in [0.5, 0.6) is 0 Å². The molecule has 0 fully saturated rings. The van der Waals surface area contributed by atoms with Gasteiger partial charge in [0.1, 0.15) is 11.5 Å². The van der Waals surface area contributed by atoms with E-state index in [0.717, 1.165) is 12.2 Å². The normalized spacial score (nSPS) is 10.3. The van der Waals surface area contributed by atoms with Crippen molar-refractivity contribution in [2.24, 2.45) is 0 Å². The molecule has 0 unspecified atom stereocenters. The number of benzene rings is 1. The van der Waals surface area contributed by atoms with Gasteiger partial charge in [0.05, 0.1) is 11.0 Å². The van der Waals surface area contributed by atoms with Gasteiger partial charge in [-0.2, -0.15) is 11.8 Å². The first-order valence-electron chi connectivity index (χ1n) is 4.92. The second kappa shape index (κ2) is 6.39. The molecule has 0 aliphatic rings. The molecule has 0 spiro atoms. The summed E-state index contributed by atoms with van der Waals surface area (Å²) in [6.07, 6.45) is 2.68. The van der Waals surface area contributed by atoms with Crippen LogP contribution in [0.1, 0.15) is 6.42 Å². The van der Waals surface area contributed by atoms with Crippen LogP contribution in [0.15, 0.2) is 12.1 Å². The maximum atomic E-state index is 13.4. The molecule has 0 atom stereocenters. The molecule has 17 heavy (non-hydrogen) atoms. The first-order valence-corrected chi connectivity index (χ1v) is 6.32. The number of anilines is 1. The quantitative estimate of drug-likeness (QED) is 0.486. The van der Waals surface area contributed by atoms with Gasteiger partial charge in [0.2, 0.25) is 0 Å². The zero-order valence-electron chi connectivity index (χ0n) is 9.20. The molecule has 0 radical (unpaired) electrons. The van der Waals surface area contributed by atoms with Crippen molar-refractivity contribution in [3.8, 4) is 0 Å². The molecule has 0 saturated carbocycles. The van der Waals surface area contributed by atoms with E-state index < -0.39 is 22.2 Å². The van der Waals surface area contributed by atoms with Gasteiger partial charge in [-0.25, -0.2) is 8.78 Å². The lowest BCUT2D eigenvalue weighted by Gasteiger charge is -2.07. The number of hydrogen-bond acceptors (Lipinski definition) is 4. The third-order valence-corrected chi connectivity index (χ3v) is 2.75. The molecule has 1 N–H and O–H groups in total. The molecule has 0 heterocycles. The maximum absolute atomic E-state index is 13.4. The predicted molar refractivity (Wildman–Crippen MR) is 64.5 cm³/mol. The fourth-order valence-electron chi connectivity index (χ4n) is 1.31. The Hall–Kier alpha value is -1.37. The Morgan fingerprint density at radius 2 is 2.18 bits per heavy atom. The SMILES string of the molecule is CSCCCNc1c(F)cc(F)cc1[N+](=O)[O-]. The monoisotopic (exact) mass is 262 g/mol. The van der Waals surface area contributed by atoms with E-state index in [1.165, 1.54) is 0 Å². The molecule has 94 valence electrons. The summed E-state index contributed by atoms with van der Waals surface area (Å²) in [7, 11) is 0. The summed E-state index contributed by atoms with van der Waals surface area (Å²) in [5, 5.41) is 13.3. The number of nitro benzene ring substituents is 1. The molecule has 0 amide bonds. The molecule has 1 aromatic rings. The Bertz CT molecular complexity index is 416. The van der Waals surface area contributed by atoms with Crippen LogP contribution in [0, 0.1) is 21.7 Å². The fraction of sp³-hybridized carbons (Fsp3) is 0.400. The fourth-order valence-corrected chi connectivity index (χ4v) is 1.74. The second-order valence-corrected chi connectivity index (χ2v) is 4.30. The molecule has 1 rings (SSSR count). The Balaban J connectivity index is 2.85. The lowest BCUT2D eigenvalue weighted by molar-refractivity contribution is -0.384. The van der Waals surface area contributed by atoms with E-state index in [-0.39, 0.29) is 5.69 Å². The number of thioether (sulfide) groups is 1. The van der Waals surface area contributed by atoms with Crippen molar-refractivity contribution in [2.75, 3.05) is 23.9 Å². The maximum Gasteiger partial charge on any atom is 0.298 e. The Labute approximate surface area is 102 Å². The number of nitrogens with zero attached hydrogens (tertiary/aromatic N) is 1. The minimum absolute atomic E-state index is 0.252. The van der Waals surface area contributed by atoms with Gasteiger partial charge in [-0.3, -0.25) is 10.1 Å². The van der Waals surface area contributed by atoms with Crippen molar-refractivity contribution >= 4 is 23.1 Å². The van der Waals surface area contributed by atoms with E-state index in [1.807, 2.05) is 6.26 Å². The summed E-state index contributed by atoms with van der Waals surface area (Å²) in [6, 6.07) is 1.34. The highest BCUT2D eigenvalue weighted by Gasteiger charge is 2.19. The van der Waals surface area contributed by atoms with Crippen LogP contribution in [-0.2, 0) is 0 Å². The van der Waals surface area contributed by atoms with Crippen LogP contribution in [0.25, 0.3) is 0 Å². The molecule has 0 aliphatic heterocycles. The van der Waals surface area contributed by atoms with Gasteiger partial charge in [0.25, 0.3) is 5.69 Å². The number of nitrogens with one attached hydrogen (secondary N) is 1. The third-order valence-electron chi connectivity index (χ3n) is 2.06. The summed E-state index contributed by atoms with van der Waals surface area (Å²) in [5.74, 6) is -1.03. The topological polar surface area (TPSA) is 55.2 Å². The van der Waals surface area contributed by atoms with Crippen LogP contribution >= 0.6 is 11.8 Å². The number of hydrogen-bond donors (Lipinski definition) is 1. The predicted octanol–water partition coefficient (Wildman–Crippen LogP) is 3.04. The highest BCUT2D eigenvalue weighted by molar-refractivity contribution is 7.98. The molecular formula is C10H12F2N2O2S. The van der Waals surface area contributed by atoms with Crippen LogP contribution in [0.4, 0.5) is 20.2 Å². The van der Waals surface area contributed by atoms with Crippen molar-refractivity contribution < 1.29 is 13.7 Å². The van der Waals surface area contributed by atoms with Gasteiger partial charge < -0.3 is 5.32 Å². The molecule has 1 aromatic carbocycles. The highest BCUT2D eigenvalue weighted by Crippen LogP contribution is 2.28. The zero-order valence-corrected chi connectivity index (χ0v) is 10.0. The molecule has 7 heteroatoms. The van der Waals surface area contributed by atoms with Gasteiger partial charge in [-0.1, -0.05) is 0 Å². The van der Waals surface area contributed by atoms with E-state index >= 15 is 0 Å². The first-order chi connectivity index (χ1) is 8.06. The summed E-state index contributed by atoms with van der Waals surface area (Å²) in [4.78, 5) is 9.84. The first kappa shape index (κ1) is 13.7. The third kappa shape index (κ3) is 3.85. The van der Waals surface area contributed by atoms with E-state index in [4.69, 9.17) is 0 Å². The average Bonchev–Trinajstić information content (AvgIpc) is 2.25. The van der Waals surface area contributed by atoms with Crippen LogP contribution in [0.3, 0.4) is 0 Å². The Morgan fingerprint density at radius 1 is 1.47 bits per heavy atom. The van der Waals surface area contributed by atoms with E-state index in [1.54, 1.807) is 11.8 Å². The highest BCUT2D eigenvalue weighted by atomic mass is 32.2. The minimum Gasteiger partial charge on any atom is -0.377 e. The largest absolute Gasteiger partial charge is 0.377 e. The minimum atomic E-state index is -0.955. The number of halogens is 2. The summed E-state index contributed by atoms with van der Waals surface area (Å²) < 4.78 is 26.2. The van der Waals surface area contributed by atoms with Crippen LogP contribution in [0.2, 0.25) is 0 Å². The van der Waals surface area contributed by atoms with Gasteiger partial charge in [0, 0.05) is 12.6 Å². The van der Waals surface area contributed by atoms with Crippen molar-refractivity contribution in [3.63, 3.8) is 0 Å². The van der Waals surface area contributed by atoms with Crippen molar-refractivity contribution in [2.45, 2.75) is 6.42 Å². The second-order valence-electron chi connectivity index (χ2n) is 3.31. The van der Waals surface area contributed by atoms with E-state index in [9.17, 15) is 18.9 Å². The van der Waals surface area contributed by atoms with E-state index in [2.05, 4.69) is 5.32 Å². The molecule has 0 aromatic heterocycles. The Kier molecular flexibility index (Phi) is 5.14. The number of rotatable bonds is 6. The molecular weight excluding hydrogens is 250 g/mol. The lowest BCUT2D eigenvalue weighted by atomic mass is 10.2. The summed E-state index contributed by atoms with van der Waals surface area (Å²) in [5.41, 5.74) is -0.829. The molecule has 4 nitrogen and oxygen atoms in total. The van der Waals surface area contributed by atoms with E-state index in [0.29, 0.717) is 18.7 Å². The van der Waals surface area contributed by atoms with Crippen LogP contribution < -0.4 is 5.32 Å². The number of nitro groups is 1. The standard InChI is InChI=1S/C10H12F2N2O2S/c1-17-4-2-3-13-10-8(12)5-7(11)6-9(10)14(15)16/h5-6,13H,2-4H2,1H3. The van der Waals surface area contributed by atoms with Crippen molar-refractivity contribution in [1.82, 2.24) is 0 Å². The van der Waals surface area contributed by atoms with Gasteiger partial charge in [0.15, 0.2) is 5.82 Å². The molecule has 0 saturated heterocycles.